The summed E-state index contributed by atoms with van der Waals surface area (Å²) in [7, 11) is 2.89. The Hall–Kier alpha value is -3.33. The minimum atomic E-state index is -1.02. The average Bonchev–Trinajstić information content (AvgIpc) is 2.65. The predicted octanol–water partition coefficient (Wildman–Crippen LogP) is 3.06. The summed E-state index contributed by atoms with van der Waals surface area (Å²) in [6.45, 7) is -0.654. The van der Waals surface area contributed by atoms with Crippen LogP contribution < -0.4 is 14.8 Å². The van der Waals surface area contributed by atoms with Gasteiger partial charge in [0.25, 0.3) is 11.6 Å². The number of rotatable bonds is 7. The van der Waals surface area contributed by atoms with Gasteiger partial charge in [-0.15, -0.1) is 0 Å². The fourth-order valence-electron chi connectivity index (χ4n) is 2.14. The van der Waals surface area contributed by atoms with Gasteiger partial charge in [-0.2, -0.15) is 0 Å². The van der Waals surface area contributed by atoms with E-state index >= 15 is 0 Å². The number of carbonyl (C=O) groups excluding carboxylic acids is 2. The molecule has 27 heavy (non-hydrogen) atoms. The summed E-state index contributed by atoms with van der Waals surface area (Å²) in [4.78, 5) is 34.4. The van der Waals surface area contributed by atoms with E-state index in [1.54, 1.807) is 12.1 Å². The van der Waals surface area contributed by atoms with Crippen LogP contribution in [0.25, 0.3) is 0 Å². The number of nitrogens with zero attached hydrogens (tertiary/aromatic N) is 1. The fraction of sp³-hybridized carbons (Fsp3) is 0.176. The van der Waals surface area contributed by atoms with Crippen LogP contribution in [0.1, 0.15) is 10.4 Å². The summed E-state index contributed by atoms with van der Waals surface area (Å²) in [5.74, 6) is -0.818. The highest BCUT2D eigenvalue weighted by Crippen LogP contribution is 2.29. The summed E-state index contributed by atoms with van der Waals surface area (Å²) >= 11 is 5.69. The van der Waals surface area contributed by atoms with Gasteiger partial charge < -0.3 is 19.5 Å². The van der Waals surface area contributed by atoms with Gasteiger partial charge in [-0.1, -0.05) is 11.6 Å². The van der Waals surface area contributed by atoms with Gasteiger partial charge in [0.1, 0.15) is 17.1 Å². The Bertz CT molecular complexity index is 886. The number of carbonyl (C=O) groups is 2. The Morgan fingerprint density at radius 1 is 1.15 bits per heavy atom. The summed E-state index contributed by atoms with van der Waals surface area (Å²) in [5, 5.41) is 13.6. The molecule has 0 saturated heterocycles. The summed E-state index contributed by atoms with van der Waals surface area (Å²) in [6, 6.07) is 8.27. The lowest BCUT2D eigenvalue weighted by molar-refractivity contribution is -0.385. The van der Waals surface area contributed by atoms with Crippen LogP contribution in [0.5, 0.6) is 11.5 Å². The minimum absolute atomic E-state index is 0.0983. The average molecular weight is 395 g/mol. The Morgan fingerprint density at radius 2 is 1.89 bits per heavy atom. The molecule has 0 heterocycles. The van der Waals surface area contributed by atoms with Crippen molar-refractivity contribution in [1.29, 1.82) is 0 Å². The van der Waals surface area contributed by atoms with Crippen LogP contribution >= 0.6 is 11.6 Å². The Morgan fingerprint density at radius 3 is 2.52 bits per heavy atom. The maximum atomic E-state index is 12.1. The lowest BCUT2D eigenvalue weighted by atomic mass is 10.2. The first-order valence-electron chi connectivity index (χ1n) is 7.48. The summed E-state index contributed by atoms with van der Waals surface area (Å²) < 4.78 is 15.1. The summed E-state index contributed by atoms with van der Waals surface area (Å²) in [5.41, 5.74) is -0.506. The number of benzene rings is 2. The van der Waals surface area contributed by atoms with Crippen molar-refractivity contribution in [2.24, 2.45) is 0 Å². The number of amides is 1. The second kappa shape index (κ2) is 8.86. The van der Waals surface area contributed by atoms with Crippen molar-refractivity contribution in [2.75, 3.05) is 26.1 Å². The molecule has 0 aliphatic carbocycles. The molecule has 0 aliphatic heterocycles. The normalized spacial score (nSPS) is 10.0. The molecule has 142 valence electrons. The van der Waals surface area contributed by atoms with Crippen LogP contribution in [0.4, 0.5) is 11.4 Å². The molecule has 0 aromatic heterocycles. The Labute approximate surface area is 158 Å². The number of methoxy groups -OCH3 is 2. The fourth-order valence-corrected chi connectivity index (χ4v) is 2.30. The monoisotopic (exact) mass is 394 g/mol. The first kappa shape index (κ1) is 20.0. The number of nitrogens with one attached hydrogen (secondary N) is 1. The van der Waals surface area contributed by atoms with Gasteiger partial charge in [0, 0.05) is 17.2 Å². The molecule has 0 bridgehead atoms. The van der Waals surface area contributed by atoms with Gasteiger partial charge in [0.2, 0.25) is 0 Å². The van der Waals surface area contributed by atoms with Crippen LogP contribution in [0.15, 0.2) is 36.4 Å². The van der Waals surface area contributed by atoms with Crippen molar-refractivity contribution < 1.29 is 28.7 Å². The smallest absolute Gasteiger partial charge is 0.345 e. The first-order valence-corrected chi connectivity index (χ1v) is 7.86. The van der Waals surface area contributed by atoms with Gasteiger partial charge >= 0.3 is 5.97 Å². The van der Waals surface area contributed by atoms with Crippen LogP contribution in [0, 0.1) is 10.1 Å². The number of hydrogen-bond donors (Lipinski definition) is 1. The van der Waals surface area contributed by atoms with Gasteiger partial charge in [-0.3, -0.25) is 14.9 Å². The predicted molar refractivity (Wildman–Crippen MR) is 96.6 cm³/mol. The van der Waals surface area contributed by atoms with E-state index in [0.29, 0.717) is 17.2 Å². The van der Waals surface area contributed by atoms with Crippen molar-refractivity contribution in [2.45, 2.75) is 0 Å². The van der Waals surface area contributed by atoms with E-state index in [2.05, 4.69) is 5.32 Å². The molecule has 2 aromatic carbocycles. The van der Waals surface area contributed by atoms with E-state index < -0.39 is 29.1 Å². The van der Waals surface area contributed by atoms with E-state index in [1.807, 2.05) is 0 Å². The molecule has 10 heteroatoms. The maximum absolute atomic E-state index is 12.1. The molecular weight excluding hydrogens is 380 g/mol. The topological polar surface area (TPSA) is 117 Å². The van der Waals surface area contributed by atoms with E-state index in [1.165, 1.54) is 26.4 Å². The van der Waals surface area contributed by atoms with Crippen molar-refractivity contribution in [3.05, 3.63) is 57.1 Å². The van der Waals surface area contributed by atoms with Crippen LogP contribution in [-0.4, -0.2) is 37.6 Å². The molecule has 0 aliphatic rings. The zero-order chi connectivity index (χ0) is 20.0. The molecular formula is C17H15ClN2O7. The standard InChI is InChI=1S/C17H15ClN2O7/c1-25-11-4-6-15(26-2)13(8-11)19-16(21)9-27-17(22)12-5-3-10(18)7-14(12)20(23)24/h3-8H,9H2,1-2H3,(H,19,21). The van der Waals surface area contributed by atoms with Gasteiger partial charge in [0.15, 0.2) is 6.61 Å². The number of halogens is 1. The lowest BCUT2D eigenvalue weighted by Gasteiger charge is -2.12. The highest BCUT2D eigenvalue weighted by molar-refractivity contribution is 6.31. The first-order chi connectivity index (χ1) is 12.8. The van der Waals surface area contributed by atoms with E-state index in [-0.39, 0.29) is 10.6 Å². The van der Waals surface area contributed by atoms with E-state index in [0.717, 1.165) is 12.1 Å². The van der Waals surface area contributed by atoms with Crippen molar-refractivity contribution in [3.8, 4) is 11.5 Å². The third-order valence-corrected chi connectivity index (χ3v) is 3.63. The molecule has 9 nitrogen and oxygen atoms in total. The van der Waals surface area contributed by atoms with E-state index in [4.69, 9.17) is 25.8 Å². The molecule has 0 spiro atoms. The maximum Gasteiger partial charge on any atom is 0.345 e. The van der Waals surface area contributed by atoms with Crippen molar-refractivity contribution in [3.63, 3.8) is 0 Å². The number of nitro groups is 1. The second-order valence-electron chi connectivity index (χ2n) is 5.11. The third kappa shape index (κ3) is 5.08. The van der Waals surface area contributed by atoms with E-state index in [9.17, 15) is 19.7 Å². The number of anilines is 1. The largest absolute Gasteiger partial charge is 0.497 e. The molecule has 1 N–H and O–H groups in total. The van der Waals surface area contributed by atoms with Crippen molar-refractivity contribution in [1.82, 2.24) is 0 Å². The lowest BCUT2D eigenvalue weighted by Crippen LogP contribution is -2.21. The van der Waals surface area contributed by atoms with Gasteiger partial charge in [-0.05, 0) is 24.3 Å². The highest BCUT2D eigenvalue weighted by Gasteiger charge is 2.22. The number of esters is 1. The van der Waals surface area contributed by atoms with Crippen molar-refractivity contribution >= 4 is 34.9 Å². The highest BCUT2D eigenvalue weighted by atomic mass is 35.5. The number of nitro benzene ring substituents is 1. The summed E-state index contributed by atoms with van der Waals surface area (Å²) in [6.07, 6.45) is 0. The quantitative estimate of drug-likeness (QED) is 0.435. The number of hydrogen-bond acceptors (Lipinski definition) is 7. The van der Waals surface area contributed by atoms with Gasteiger partial charge in [0.05, 0.1) is 24.8 Å². The molecule has 2 rings (SSSR count). The minimum Gasteiger partial charge on any atom is -0.497 e. The third-order valence-electron chi connectivity index (χ3n) is 3.39. The zero-order valence-corrected chi connectivity index (χ0v) is 15.1. The Kier molecular flexibility index (Phi) is 6.56. The number of ether oxygens (including phenoxy) is 3. The van der Waals surface area contributed by atoms with Crippen LogP contribution in [0.2, 0.25) is 5.02 Å². The molecule has 0 fully saturated rings. The van der Waals surface area contributed by atoms with Crippen LogP contribution in [-0.2, 0) is 9.53 Å². The molecule has 1 amide bonds. The van der Waals surface area contributed by atoms with Gasteiger partial charge in [-0.25, -0.2) is 4.79 Å². The second-order valence-corrected chi connectivity index (χ2v) is 5.55. The Balaban J connectivity index is 2.06. The van der Waals surface area contributed by atoms with Crippen LogP contribution in [0.3, 0.4) is 0 Å². The molecule has 0 radical (unpaired) electrons. The molecule has 0 saturated carbocycles. The molecule has 2 aromatic rings. The molecule has 0 atom stereocenters. The molecule has 0 unspecified atom stereocenters. The zero-order valence-electron chi connectivity index (χ0n) is 14.4. The SMILES string of the molecule is COc1ccc(OC)c(NC(=O)COC(=O)c2ccc(Cl)cc2[N+](=O)[O-])c1.